The van der Waals surface area contributed by atoms with Crippen LogP contribution in [0.1, 0.15) is 37.1 Å². The lowest BCUT2D eigenvalue weighted by Gasteiger charge is -2.39. The molecule has 1 N–H and O–H groups in total. The second kappa shape index (κ2) is 7.37. The summed E-state index contributed by atoms with van der Waals surface area (Å²) in [6, 6.07) is 8.40. The van der Waals surface area contributed by atoms with Gasteiger partial charge in [0.05, 0.1) is 12.2 Å². The second-order valence-electron chi connectivity index (χ2n) is 7.97. The highest BCUT2D eigenvalue weighted by atomic mass is 16.5. The molecule has 2 fully saturated rings. The standard InChI is InChI=1S/C20H28N4O2/c1-23-15-21-22-19(23)11-20(25)9-2-10-24(14-20)12-16-5-7-18(8-6-16)26-13-17-3-4-17/h5-8,15,17,25H,2-4,9-14H2,1H3. The summed E-state index contributed by atoms with van der Waals surface area (Å²) in [5.74, 6) is 2.57. The average Bonchev–Trinajstić information content (AvgIpc) is 3.37. The van der Waals surface area contributed by atoms with E-state index >= 15 is 0 Å². The molecule has 1 unspecified atom stereocenters. The summed E-state index contributed by atoms with van der Waals surface area (Å²) in [4.78, 5) is 2.33. The van der Waals surface area contributed by atoms with E-state index in [4.69, 9.17) is 4.74 Å². The predicted octanol–water partition coefficient (Wildman–Crippen LogP) is 2.17. The molecule has 1 aliphatic carbocycles. The average molecular weight is 356 g/mol. The number of ether oxygens (including phenoxy) is 1. The van der Waals surface area contributed by atoms with Gasteiger partial charge in [-0.05, 0) is 55.8 Å². The van der Waals surface area contributed by atoms with E-state index < -0.39 is 5.60 Å². The molecule has 1 aromatic heterocycles. The lowest BCUT2D eigenvalue weighted by atomic mass is 9.89. The Bertz CT molecular complexity index is 726. The van der Waals surface area contributed by atoms with Crippen molar-refractivity contribution >= 4 is 0 Å². The van der Waals surface area contributed by atoms with E-state index in [1.165, 1.54) is 18.4 Å². The highest BCUT2D eigenvalue weighted by Gasteiger charge is 2.34. The highest BCUT2D eigenvalue weighted by Crippen LogP contribution is 2.30. The SMILES string of the molecule is Cn1cnnc1CC1(O)CCCN(Cc2ccc(OCC3CC3)cc2)C1. The van der Waals surface area contributed by atoms with Crippen LogP contribution in [0.2, 0.25) is 0 Å². The molecule has 26 heavy (non-hydrogen) atoms. The largest absolute Gasteiger partial charge is 0.493 e. The van der Waals surface area contributed by atoms with Crippen molar-refractivity contribution in [3.8, 4) is 5.75 Å². The smallest absolute Gasteiger partial charge is 0.135 e. The summed E-state index contributed by atoms with van der Waals surface area (Å²) in [6.07, 6.45) is 6.66. The van der Waals surface area contributed by atoms with Crippen molar-refractivity contribution in [3.63, 3.8) is 0 Å². The summed E-state index contributed by atoms with van der Waals surface area (Å²) in [5.41, 5.74) is 0.526. The van der Waals surface area contributed by atoms with Gasteiger partial charge in [0, 0.05) is 26.6 Å². The zero-order valence-electron chi connectivity index (χ0n) is 15.5. The van der Waals surface area contributed by atoms with Crippen LogP contribution in [0.5, 0.6) is 5.75 Å². The zero-order valence-corrected chi connectivity index (χ0v) is 15.5. The fourth-order valence-corrected chi connectivity index (χ4v) is 3.69. The number of nitrogens with zero attached hydrogens (tertiary/aromatic N) is 4. The first-order valence-electron chi connectivity index (χ1n) is 9.59. The van der Waals surface area contributed by atoms with E-state index in [0.29, 0.717) is 13.0 Å². The van der Waals surface area contributed by atoms with Crippen LogP contribution in [0.15, 0.2) is 30.6 Å². The number of rotatable bonds is 7. The van der Waals surface area contributed by atoms with Crippen molar-refractivity contribution in [1.29, 1.82) is 0 Å². The molecule has 0 spiro atoms. The number of piperidine rings is 1. The Balaban J connectivity index is 1.33. The Morgan fingerprint density at radius 3 is 2.77 bits per heavy atom. The maximum absolute atomic E-state index is 11.0. The minimum absolute atomic E-state index is 0.550. The lowest BCUT2D eigenvalue weighted by Crippen LogP contribution is -2.49. The number of aromatic nitrogens is 3. The van der Waals surface area contributed by atoms with Gasteiger partial charge in [0.25, 0.3) is 0 Å². The number of hydrogen-bond acceptors (Lipinski definition) is 5. The van der Waals surface area contributed by atoms with Gasteiger partial charge in [-0.1, -0.05) is 12.1 Å². The number of aryl methyl sites for hydroxylation is 1. The molecule has 1 saturated carbocycles. The van der Waals surface area contributed by atoms with Crippen LogP contribution in [-0.4, -0.2) is 50.1 Å². The molecule has 0 radical (unpaired) electrons. The van der Waals surface area contributed by atoms with E-state index in [2.05, 4.69) is 39.4 Å². The minimum Gasteiger partial charge on any atom is -0.493 e. The third-order valence-electron chi connectivity index (χ3n) is 5.44. The van der Waals surface area contributed by atoms with Crippen LogP contribution in [0.4, 0.5) is 0 Å². The maximum Gasteiger partial charge on any atom is 0.135 e. The minimum atomic E-state index is -0.730. The Labute approximate surface area is 154 Å². The molecular formula is C20H28N4O2. The molecule has 0 bridgehead atoms. The molecule has 6 nitrogen and oxygen atoms in total. The predicted molar refractivity (Wildman–Crippen MR) is 98.8 cm³/mol. The van der Waals surface area contributed by atoms with Crippen LogP contribution >= 0.6 is 0 Å². The van der Waals surface area contributed by atoms with Gasteiger partial charge >= 0.3 is 0 Å². The van der Waals surface area contributed by atoms with Crippen molar-refractivity contribution in [1.82, 2.24) is 19.7 Å². The number of hydrogen-bond donors (Lipinski definition) is 1. The molecule has 2 aliphatic rings. The third-order valence-corrected chi connectivity index (χ3v) is 5.44. The molecule has 1 aliphatic heterocycles. The van der Waals surface area contributed by atoms with E-state index in [1.54, 1.807) is 6.33 Å². The topological polar surface area (TPSA) is 63.4 Å². The monoisotopic (exact) mass is 356 g/mol. The first kappa shape index (κ1) is 17.5. The van der Waals surface area contributed by atoms with Gasteiger partial charge < -0.3 is 14.4 Å². The molecule has 140 valence electrons. The second-order valence-corrected chi connectivity index (χ2v) is 7.97. The van der Waals surface area contributed by atoms with E-state index in [9.17, 15) is 5.11 Å². The van der Waals surface area contributed by atoms with Gasteiger partial charge in [-0.2, -0.15) is 0 Å². The quantitative estimate of drug-likeness (QED) is 0.824. The number of aliphatic hydroxyl groups is 1. The Morgan fingerprint density at radius 1 is 1.27 bits per heavy atom. The Kier molecular flexibility index (Phi) is 4.96. The summed E-state index contributed by atoms with van der Waals surface area (Å²) < 4.78 is 7.70. The lowest BCUT2D eigenvalue weighted by molar-refractivity contribution is -0.0344. The molecule has 2 aromatic rings. The molecule has 1 saturated heterocycles. The number of β-amino-alcohol motifs (C(OH)–C–C–N with tert-alkyl or cyclic N) is 1. The molecule has 6 heteroatoms. The fourth-order valence-electron chi connectivity index (χ4n) is 3.69. The molecule has 4 rings (SSSR count). The Morgan fingerprint density at radius 2 is 2.08 bits per heavy atom. The highest BCUT2D eigenvalue weighted by molar-refractivity contribution is 5.27. The zero-order chi connectivity index (χ0) is 18.0. The summed E-state index contributed by atoms with van der Waals surface area (Å²) >= 11 is 0. The van der Waals surface area contributed by atoms with Gasteiger partial charge in [0.15, 0.2) is 0 Å². The maximum atomic E-state index is 11.0. The van der Waals surface area contributed by atoms with Crippen molar-refractivity contribution < 1.29 is 9.84 Å². The van der Waals surface area contributed by atoms with Gasteiger partial charge in [-0.3, -0.25) is 4.90 Å². The van der Waals surface area contributed by atoms with Crippen molar-refractivity contribution in [2.45, 2.75) is 44.2 Å². The van der Waals surface area contributed by atoms with E-state index in [-0.39, 0.29) is 0 Å². The van der Waals surface area contributed by atoms with Crippen molar-refractivity contribution in [2.75, 3.05) is 19.7 Å². The summed E-state index contributed by atoms with van der Waals surface area (Å²) in [5, 5.41) is 19.1. The summed E-state index contributed by atoms with van der Waals surface area (Å²) in [6.45, 7) is 3.38. The summed E-state index contributed by atoms with van der Waals surface area (Å²) in [7, 11) is 1.92. The van der Waals surface area contributed by atoms with Gasteiger partial charge in [-0.25, -0.2) is 0 Å². The molecule has 1 aromatic carbocycles. The van der Waals surface area contributed by atoms with Gasteiger partial charge in [-0.15, -0.1) is 10.2 Å². The molecule has 2 heterocycles. The first-order valence-corrected chi connectivity index (χ1v) is 9.59. The van der Waals surface area contributed by atoms with Gasteiger partial charge in [0.1, 0.15) is 17.9 Å². The van der Waals surface area contributed by atoms with Crippen LogP contribution < -0.4 is 4.74 Å². The van der Waals surface area contributed by atoms with E-state index in [0.717, 1.165) is 50.0 Å². The fraction of sp³-hybridized carbons (Fsp3) is 0.600. The number of likely N-dealkylation sites (tertiary alicyclic amines) is 1. The molecule has 1 atom stereocenters. The van der Waals surface area contributed by atoms with Crippen LogP contribution in [0, 0.1) is 5.92 Å². The van der Waals surface area contributed by atoms with Gasteiger partial charge in [0.2, 0.25) is 0 Å². The Hall–Kier alpha value is -1.92. The third kappa shape index (κ3) is 4.43. The van der Waals surface area contributed by atoms with Crippen LogP contribution in [0.25, 0.3) is 0 Å². The van der Waals surface area contributed by atoms with Crippen molar-refractivity contribution in [2.24, 2.45) is 13.0 Å². The van der Waals surface area contributed by atoms with Crippen LogP contribution in [-0.2, 0) is 20.0 Å². The van der Waals surface area contributed by atoms with Crippen LogP contribution in [0.3, 0.4) is 0 Å². The molecule has 0 amide bonds. The van der Waals surface area contributed by atoms with E-state index in [1.807, 2.05) is 11.6 Å². The molecular weight excluding hydrogens is 328 g/mol. The van der Waals surface area contributed by atoms with Crippen molar-refractivity contribution in [3.05, 3.63) is 42.0 Å². The first-order chi connectivity index (χ1) is 12.6. The normalized spacial score (nSPS) is 23.9. The number of benzene rings is 1.